The summed E-state index contributed by atoms with van der Waals surface area (Å²) < 4.78 is 5.32. The minimum Gasteiger partial charge on any atom is -0.380 e. The highest BCUT2D eigenvalue weighted by atomic mass is 16.5. The number of likely N-dealkylation sites (N-methyl/N-ethyl adjacent to an activating group) is 1. The molecule has 17 heavy (non-hydrogen) atoms. The molecule has 0 aliphatic heterocycles. The first kappa shape index (κ1) is 14.2. The summed E-state index contributed by atoms with van der Waals surface area (Å²) in [5, 5.41) is 0. The van der Waals surface area contributed by atoms with Gasteiger partial charge in [0.2, 0.25) is 0 Å². The molecule has 0 aliphatic rings. The fourth-order valence-corrected chi connectivity index (χ4v) is 1.71. The number of hydrogen-bond donors (Lipinski definition) is 1. The minimum atomic E-state index is 0.0715. The van der Waals surface area contributed by atoms with Crippen molar-refractivity contribution in [3.63, 3.8) is 0 Å². The Hall–Kier alpha value is -0.900. The molecule has 1 aromatic rings. The van der Waals surface area contributed by atoms with Gasteiger partial charge in [0, 0.05) is 25.7 Å². The molecule has 1 atom stereocenters. The number of benzene rings is 1. The topological polar surface area (TPSA) is 38.5 Å². The molecule has 3 heteroatoms. The van der Waals surface area contributed by atoms with Gasteiger partial charge in [-0.15, -0.1) is 0 Å². The fourth-order valence-electron chi connectivity index (χ4n) is 1.71. The second-order valence-electron chi connectivity index (χ2n) is 4.48. The van der Waals surface area contributed by atoms with Gasteiger partial charge in [-0.2, -0.15) is 0 Å². The molecular weight excluding hydrogens is 212 g/mol. The normalized spacial score (nSPS) is 13.0. The van der Waals surface area contributed by atoms with Gasteiger partial charge in [-0.25, -0.2) is 0 Å². The zero-order chi connectivity index (χ0) is 12.7. The van der Waals surface area contributed by atoms with E-state index in [9.17, 15) is 0 Å². The number of nitrogens with two attached hydrogens (primary N) is 1. The van der Waals surface area contributed by atoms with Crippen LogP contribution >= 0.6 is 0 Å². The van der Waals surface area contributed by atoms with E-state index in [0.29, 0.717) is 0 Å². The molecule has 0 saturated carbocycles. The molecule has 0 aromatic heterocycles. The van der Waals surface area contributed by atoms with Crippen molar-refractivity contribution >= 4 is 0 Å². The van der Waals surface area contributed by atoms with Crippen molar-refractivity contribution in [2.24, 2.45) is 5.73 Å². The smallest absolute Gasteiger partial charge is 0.0593 e. The third kappa shape index (κ3) is 5.31. The predicted molar refractivity (Wildman–Crippen MR) is 72.1 cm³/mol. The van der Waals surface area contributed by atoms with Crippen molar-refractivity contribution in [1.29, 1.82) is 0 Å². The third-order valence-electron chi connectivity index (χ3n) is 2.84. The molecule has 3 nitrogen and oxygen atoms in total. The SMILES string of the molecule is CCOCCN(C)CC(N)c1ccc(C)cc1. The van der Waals surface area contributed by atoms with E-state index in [-0.39, 0.29) is 6.04 Å². The zero-order valence-corrected chi connectivity index (χ0v) is 11.1. The monoisotopic (exact) mass is 236 g/mol. The van der Waals surface area contributed by atoms with Crippen molar-refractivity contribution in [1.82, 2.24) is 4.90 Å². The van der Waals surface area contributed by atoms with Crippen LogP contribution in [0.15, 0.2) is 24.3 Å². The summed E-state index contributed by atoms with van der Waals surface area (Å²) in [5.41, 5.74) is 8.63. The second-order valence-corrected chi connectivity index (χ2v) is 4.48. The average Bonchev–Trinajstić information content (AvgIpc) is 2.30. The average molecular weight is 236 g/mol. The van der Waals surface area contributed by atoms with Crippen molar-refractivity contribution in [3.05, 3.63) is 35.4 Å². The van der Waals surface area contributed by atoms with Gasteiger partial charge < -0.3 is 15.4 Å². The lowest BCUT2D eigenvalue weighted by Crippen LogP contribution is -2.31. The van der Waals surface area contributed by atoms with Crippen LogP contribution in [-0.2, 0) is 4.74 Å². The van der Waals surface area contributed by atoms with Crippen molar-refractivity contribution in [2.45, 2.75) is 19.9 Å². The maximum atomic E-state index is 6.17. The molecule has 1 rings (SSSR count). The van der Waals surface area contributed by atoms with Crippen molar-refractivity contribution in [2.75, 3.05) is 33.4 Å². The summed E-state index contributed by atoms with van der Waals surface area (Å²) >= 11 is 0. The Labute approximate surface area is 105 Å². The second kappa shape index (κ2) is 7.43. The first-order valence-corrected chi connectivity index (χ1v) is 6.22. The maximum absolute atomic E-state index is 6.17. The van der Waals surface area contributed by atoms with E-state index in [1.54, 1.807) is 0 Å². The van der Waals surface area contributed by atoms with E-state index in [2.05, 4.69) is 43.1 Å². The highest BCUT2D eigenvalue weighted by molar-refractivity contribution is 5.24. The fraction of sp³-hybridized carbons (Fsp3) is 0.571. The van der Waals surface area contributed by atoms with Crippen LogP contribution in [-0.4, -0.2) is 38.3 Å². The Morgan fingerprint density at radius 2 is 1.94 bits per heavy atom. The molecule has 1 aromatic carbocycles. The number of hydrogen-bond acceptors (Lipinski definition) is 3. The van der Waals surface area contributed by atoms with E-state index in [4.69, 9.17) is 10.5 Å². The van der Waals surface area contributed by atoms with E-state index in [1.807, 2.05) is 6.92 Å². The summed E-state index contributed by atoms with van der Waals surface area (Å²) in [6.07, 6.45) is 0. The highest BCUT2D eigenvalue weighted by Gasteiger charge is 2.08. The predicted octanol–water partition coefficient (Wildman–Crippen LogP) is 1.96. The minimum absolute atomic E-state index is 0.0715. The van der Waals surface area contributed by atoms with Gasteiger partial charge in [0.15, 0.2) is 0 Å². The third-order valence-corrected chi connectivity index (χ3v) is 2.84. The number of rotatable bonds is 7. The highest BCUT2D eigenvalue weighted by Crippen LogP contribution is 2.12. The Morgan fingerprint density at radius 1 is 1.29 bits per heavy atom. The number of aryl methyl sites for hydroxylation is 1. The van der Waals surface area contributed by atoms with Crippen molar-refractivity contribution in [3.8, 4) is 0 Å². The van der Waals surface area contributed by atoms with Crippen LogP contribution in [0, 0.1) is 6.92 Å². The van der Waals surface area contributed by atoms with E-state index >= 15 is 0 Å². The molecule has 0 amide bonds. The molecule has 0 saturated heterocycles. The molecule has 0 fully saturated rings. The van der Waals surface area contributed by atoms with Gasteiger partial charge in [-0.3, -0.25) is 0 Å². The molecule has 0 bridgehead atoms. The molecule has 2 N–H and O–H groups in total. The standard InChI is InChI=1S/C14H24N2O/c1-4-17-10-9-16(3)11-14(15)13-7-5-12(2)6-8-13/h5-8,14H,4,9-11,15H2,1-3H3. The lowest BCUT2D eigenvalue weighted by Gasteiger charge is -2.21. The van der Waals surface area contributed by atoms with Crippen LogP contribution in [0.5, 0.6) is 0 Å². The van der Waals surface area contributed by atoms with Gasteiger partial charge in [-0.1, -0.05) is 29.8 Å². The summed E-state index contributed by atoms with van der Waals surface area (Å²) in [7, 11) is 2.08. The van der Waals surface area contributed by atoms with Crippen LogP contribution in [0.2, 0.25) is 0 Å². The quantitative estimate of drug-likeness (QED) is 0.736. The van der Waals surface area contributed by atoms with Crippen LogP contribution in [0.4, 0.5) is 0 Å². The number of nitrogens with zero attached hydrogens (tertiary/aromatic N) is 1. The van der Waals surface area contributed by atoms with Crippen molar-refractivity contribution < 1.29 is 4.74 Å². The van der Waals surface area contributed by atoms with Crippen LogP contribution in [0.3, 0.4) is 0 Å². The summed E-state index contributed by atoms with van der Waals surface area (Å²) in [4.78, 5) is 2.21. The van der Waals surface area contributed by atoms with Gasteiger partial charge in [0.25, 0.3) is 0 Å². The Bertz CT molecular complexity index is 311. The van der Waals surface area contributed by atoms with E-state index in [0.717, 1.165) is 26.3 Å². The van der Waals surface area contributed by atoms with Gasteiger partial charge in [0.1, 0.15) is 0 Å². The first-order valence-electron chi connectivity index (χ1n) is 6.22. The lowest BCUT2D eigenvalue weighted by atomic mass is 10.1. The summed E-state index contributed by atoms with van der Waals surface area (Å²) in [6, 6.07) is 8.50. The van der Waals surface area contributed by atoms with Crippen LogP contribution < -0.4 is 5.73 Å². The molecule has 0 aliphatic carbocycles. The zero-order valence-electron chi connectivity index (χ0n) is 11.1. The van der Waals surface area contributed by atoms with Gasteiger partial charge in [0.05, 0.1) is 6.61 Å². The molecule has 0 spiro atoms. The number of ether oxygens (including phenoxy) is 1. The summed E-state index contributed by atoms with van der Waals surface area (Å²) in [6.45, 7) is 7.43. The maximum Gasteiger partial charge on any atom is 0.0593 e. The van der Waals surface area contributed by atoms with Crippen LogP contribution in [0.1, 0.15) is 24.1 Å². The first-order chi connectivity index (χ1) is 8.13. The lowest BCUT2D eigenvalue weighted by molar-refractivity contribution is 0.120. The van der Waals surface area contributed by atoms with Gasteiger partial charge >= 0.3 is 0 Å². The molecule has 96 valence electrons. The summed E-state index contributed by atoms with van der Waals surface area (Å²) in [5.74, 6) is 0. The Kier molecular flexibility index (Phi) is 6.19. The Morgan fingerprint density at radius 3 is 2.53 bits per heavy atom. The van der Waals surface area contributed by atoms with E-state index < -0.39 is 0 Å². The largest absolute Gasteiger partial charge is 0.380 e. The molecular formula is C14H24N2O. The van der Waals surface area contributed by atoms with Crippen LogP contribution in [0.25, 0.3) is 0 Å². The van der Waals surface area contributed by atoms with E-state index in [1.165, 1.54) is 11.1 Å². The molecule has 1 unspecified atom stereocenters. The molecule has 0 heterocycles. The molecule has 0 radical (unpaired) electrons. The van der Waals surface area contributed by atoms with Gasteiger partial charge in [-0.05, 0) is 26.5 Å². The Balaban J connectivity index is 2.37.